The van der Waals surface area contributed by atoms with Crippen molar-refractivity contribution in [2.45, 2.75) is 12.8 Å². The molecule has 0 spiro atoms. The Morgan fingerprint density at radius 2 is 2.21 bits per heavy atom. The molecule has 0 saturated heterocycles. The van der Waals surface area contributed by atoms with Gasteiger partial charge in [-0.25, -0.2) is 0 Å². The molecule has 2 nitrogen and oxygen atoms in total. The molecule has 1 aliphatic carbocycles. The topological polar surface area (TPSA) is 22.0 Å². The minimum atomic E-state index is 0.0676. The van der Waals surface area contributed by atoms with E-state index in [2.05, 4.69) is 18.2 Å². The normalized spacial score (nSPS) is 15.4. The summed E-state index contributed by atoms with van der Waals surface area (Å²) < 4.78 is 1.98. The maximum Gasteiger partial charge on any atom is 0.182 e. The zero-order valence-electron chi connectivity index (χ0n) is 8.23. The molecular formula is C12H13NO. The van der Waals surface area contributed by atoms with E-state index in [1.54, 1.807) is 18.3 Å². The summed E-state index contributed by atoms with van der Waals surface area (Å²) in [7, 11) is 1.96. The summed E-state index contributed by atoms with van der Waals surface area (Å²) in [5.41, 5.74) is 2.21. The molecule has 2 rings (SSSR count). The van der Waals surface area contributed by atoms with Crippen LogP contribution in [0.4, 0.5) is 0 Å². The molecule has 0 aromatic carbocycles. The Labute approximate surface area is 83.2 Å². The van der Waals surface area contributed by atoms with Crippen LogP contribution >= 0.6 is 0 Å². The largest absolute Gasteiger partial charge is 0.350 e. The maximum atomic E-state index is 11.2. The van der Waals surface area contributed by atoms with E-state index in [0.29, 0.717) is 0 Å². The number of rotatable bonds is 1. The van der Waals surface area contributed by atoms with Crippen molar-refractivity contribution in [3.05, 3.63) is 52.5 Å². The molecule has 0 N–H and O–H groups in total. The van der Waals surface area contributed by atoms with E-state index in [9.17, 15) is 4.79 Å². The standard InChI is InChI=1S/C12H13NO/c1-13-8-7-11(14)9-12(13)10-5-3-2-4-6-10/h3,5-9H,2,4H2,1H3. The average molecular weight is 187 g/mol. The van der Waals surface area contributed by atoms with Gasteiger partial charge in [0.05, 0.1) is 5.69 Å². The van der Waals surface area contributed by atoms with Crippen molar-refractivity contribution in [3.8, 4) is 0 Å². The number of aromatic nitrogens is 1. The van der Waals surface area contributed by atoms with Crippen LogP contribution in [0.15, 0.2) is 41.4 Å². The lowest BCUT2D eigenvalue weighted by molar-refractivity contribution is 0.878. The third-order valence-corrected chi connectivity index (χ3v) is 2.41. The van der Waals surface area contributed by atoms with Crippen molar-refractivity contribution in [3.63, 3.8) is 0 Å². The van der Waals surface area contributed by atoms with E-state index in [0.717, 1.165) is 24.1 Å². The second kappa shape index (κ2) is 3.66. The molecule has 0 atom stereocenters. The molecule has 1 aliphatic rings. The van der Waals surface area contributed by atoms with Crippen molar-refractivity contribution in [1.82, 2.24) is 4.57 Å². The molecule has 14 heavy (non-hydrogen) atoms. The Balaban J connectivity index is 2.50. The van der Waals surface area contributed by atoms with Crippen molar-refractivity contribution in [2.75, 3.05) is 0 Å². The van der Waals surface area contributed by atoms with E-state index >= 15 is 0 Å². The first-order valence-electron chi connectivity index (χ1n) is 4.81. The maximum absolute atomic E-state index is 11.2. The highest BCUT2D eigenvalue weighted by atomic mass is 16.1. The second-order valence-corrected chi connectivity index (χ2v) is 3.50. The van der Waals surface area contributed by atoms with Crippen LogP contribution in [0.5, 0.6) is 0 Å². The minimum Gasteiger partial charge on any atom is -0.350 e. The van der Waals surface area contributed by atoms with Crippen LogP contribution in [-0.2, 0) is 7.05 Å². The molecule has 1 aromatic rings. The summed E-state index contributed by atoms with van der Waals surface area (Å²) in [6.45, 7) is 0. The van der Waals surface area contributed by atoms with Crippen molar-refractivity contribution < 1.29 is 0 Å². The Kier molecular flexibility index (Phi) is 2.35. The van der Waals surface area contributed by atoms with Crippen LogP contribution in [-0.4, -0.2) is 4.57 Å². The average Bonchev–Trinajstić information content (AvgIpc) is 2.23. The van der Waals surface area contributed by atoms with Gasteiger partial charge in [0, 0.05) is 25.4 Å². The van der Waals surface area contributed by atoms with E-state index in [1.165, 1.54) is 0 Å². The second-order valence-electron chi connectivity index (χ2n) is 3.50. The summed E-state index contributed by atoms with van der Waals surface area (Å²) in [6, 6.07) is 3.26. The van der Waals surface area contributed by atoms with Gasteiger partial charge in [-0.1, -0.05) is 18.2 Å². The third kappa shape index (κ3) is 1.69. The smallest absolute Gasteiger partial charge is 0.182 e. The summed E-state index contributed by atoms with van der Waals surface area (Å²) in [6.07, 6.45) is 10.4. The van der Waals surface area contributed by atoms with Gasteiger partial charge < -0.3 is 4.57 Å². The van der Waals surface area contributed by atoms with Gasteiger partial charge in [0.15, 0.2) is 5.43 Å². The van der Waals surface area contributed by atoms with Crippen molar-refractivity contribution >= 4 is 5.57 Å². The fourth-order valence-corrected chi connectivity index (χ4v) is 1.64. The van der Waals surface area contributed by atoms with Gasteiger partial charge in [-0.2, -0.15) is 0 Å². The molecule has 0 saturated carbocycles. The summed E-state index contributed by atoms with van der Waals surface area (Å²) in [4.78, 5) is 11.2. The lowest BCUT2D eigenvalue weighted by Gasteiger charge is -2.11. The lowest BCUT2D eigenvalue weighted by Crippen LogP contribution is -2.07. The minimum absolute atomic E-state index is 0.0676. The van der Waals surface area contributed by atoms with E-state index in [1.807, 2.05) is 11.6 Å². The molecule has 0 bridgehead atoms. The predicted molar refractivity (Wildman–Crippen MR) is 58.0 cm³/mol. The molecule has 0 amide bonds. The summed E-state index contributed by atoms with van der Waals surface area (Å²) >= 11 is 0. The number of nitrogens with zero attached hydrogens (tertiary/aromatic N) is 1. The highest BCUT2D eigenvalue weighted by Gasteiger charge is 2.03. The first kappa shape index (κ1) is 9.00. The molecule has 1 heterocycles. The van der Waals surface area contributed by atoms with Crippen molar-refractivity contribution in [2.24, 2.45) is 7.05 Å². The molecule has 0 unspecified atom stereocenters. The zero-order chi connectivity index (χ0) is 9.97. The summed E-state index contributed by atoms with van der Waals surface area (Å²) in [5.74, 6) is 0. The number of allylic oxidation sites excluding steroid dienone is 4. The first-order valence-corrected chi connectivity index (χ1v) is 4.81. The van der Waals surface area contributed by atoms with Gasteiger partial charge in [-0.05, 0) is 18.4 Å². The molecule has 1 aromatic heterocycles. The summed E-state index contributed by atoms with van der Waals surface area (Å²) in [5, 5.41) is 0. The van der Waals surface area contributed by atoms with E-state index < -0.39 is 0 Å². The van der Waals surface area contributed by atoms with Gasteiger partial charge in [0.1, 0.15) is 0 Å². The Bertz CT molecular complexity index is 452. The van der Waals surface area contributed by atoms with Gasteiger partial charge in [-0.3, -0.25) is 4.79 Å². The van der Waals surface area contributed by atoms with E-state index in [4.69, 9.17) is 0 Å². The highest BCUT2D eigenvalue weighted by molar-refractivity contribution is 5.72. The molecule has 0 aliphatic heterocycles. The quantitative estimate of drug-likeness (QED) is 0.660. The van der Waals surface area contributed by atoms with Crippen LogP contribution in [0.25, 0.3) is 5.57 Å². The van der Waals surface area contributed by atoms with Gasteiger partial charge >= 0.3 is 0 Å². The number of hydrogen-bond donors (Lipinski definition) is 0. The fourth-order valence-electron chi connectivity index (χ4n) is 1.64. The Morgan fingerprint density at radius 3 is 2.93 bits per heavy atom. The molecule has 0 fully saturated rings. The van der Waals surface area contributed by atoms with Crippen LogP contribution in [0, 0.1) is 0 Å². The van der Waals surface area contributed by atoms with Crippen LogP contribution in [0.3, 0.4) is 0 Å². The third-order valence-electron chi connectivity index (χ3n) is 2.41. The lowest BCUT2D eigenvalue weighted by atomic mass is 10.0. The van der Waals surface area contributed by atoms with Gasteiger partial charge in [0.2, 0.25) is 0 Å². The van der Waals surface area contributed by atoms with Crippen LogP contribution in [0.2, 0.25) is 0 Å². The van der Waals surface area contributed by atoms with Crippen LogP contribution < -0.4 is 5.43 Å². The van der Waals surface area contributed by atoms with E-state index in [-0.39, 0.29) is 5.43 Å². The monoisotopic (exact) mass is 187 g/mol. The molecule has 2 heteroatoms. The zero-order valence-corrected chi connectivity index (χ0v) is 8.23. The number of aryl methyl sites for hydroxylation is 1. The SMILES string of the molecule is Cn1ccc(=O)cc1C1=CCCC=C1. The van der Waals surface area contributed by atoms with Gasteiger partial charge in [-0.15, -0.1) is 0 Å². The predicted octanol–water partition coefficient (Wildman–Crippen LogP) is 2.12. The molecule has 0 radical (unpaired) electrons. The highest BCUT2D eigenvalue weighted by Crippen LogP contribution is 2.19. The molecule has 72 valence electrons. The van der Waals surface area contributed by atoms with Crippen molar-refractivity contribution in [1.29, 1.82) is 0 Å². The first-order chi connectivity index (χ1) is 6.77. The van der Waals surface area contributed by atoms with Crippen LogP contribution in [0.1, 0.15) is 18.5 Å². The molecular weight excluding hydrogens is 174 g/mol. The Hall–Kier alpha value is -1.57. The van der Waals surface area contributed by atoms with Gasteiger partial charge in [0.25, 0.3) is 0 Å². The number of hydrogen-bond acceptors (Lipinski definition) is 1. The fraction of sp³-hybridized carbons (Fsp3) is 0.250. The number of pyridine rings is 1. The Morgan fingerprint density at radius 1 is 1.36 bits per heavy atom.